The van der Waals surface area contributed by atoms with E-state index in [0.29, 0.717) is 10.8 Å². The highest BCUT2D eigenvalue weighted by Crippen LogP contribution is 2.25. The molecule has 112 valence electrons. The van der Waals surface area contributed by atoms with Crippen LogP contribution >= 0.6 is 11.3 Å². The van der Waals surface area contributed by atoms with E-state index in [9.17, 15) is 8.42 Å². The molecule has 0 aliphatic heterocycles. The van der Waals surface area contributed by atoms with Crippen molar-refractivity contribution in [2.75, 3.05) is 12.4 Å². The molecule has 0 spiro atoms. The smallest absolute Gasteiger partial charge is 0.260 e. The van der Waals surface area contributed by atoms with Gasteiger partial charge in [-0.15, -0.1) is 11.3 Å². The molecule has 0 radical (unpaired) electrons. The van der Waals surface area contributed by atoms with E-state index < -0.39 is 10.0 Å². The topological polar surface area (TPSA) is 75.5 Å². The Kier molecular flexibility index (Phi) is 4.36. The van der Waals surface area contributed by atoms with Gasteiger partial charge in [-0.05, 0) is 12.8 Å². The van der Waals surface area contributed by atoms with E-state index in [1.165, 1.54) is 11.3 Å². The second kappa shape index (κ2) is 5.71. The maximum absolute atomic E-state index is 12.6. The molecule has 8 heteroatoms. The zero-order valence-electron chi connectivity index (χ0n) is 12.0. The number of aromatic nitrogens is 2. The number of anilines is 1. The van der Waals surface area contributed by atoms with Gasteiger partial charge in [0.15, 0.2) is 15.8 Å². The molecule has 2 rings (SSSR count). The molecule has 2 aromatic rings. The molecule has 0 aromatic carbocycles. The molecular weight excluding hydrogens is 296 g/mol. The average Bonchev–Trinajstić information content (AvgIpc) is 2.95. The van der Waals surface area contributed by atoms with Crippen LogP contribution in [0.1, 0.15) is 27.2 Å². The summed E-state index contributed by atoms with van der Waals surface area (Å²) >= 11 is 1.40. The summed E-state index contributed by atoms with van der Waals surface area (Å²) < 4.78 is 29.6. The average molecular weight is 316 g/mol. The summed E-state index contributed by atoms with van der Waals surface area (Å²) in [7, 11) is -1.95. The molecule has 0 bridgehead atoms. The lowest BCUT2D eigenvalue weighted by Crippen LogP contribution is -2.37. The highest BCUT2D eigenvalue weighted by atomic mass is 32.2. The first kappa shape index (κ1) is 15.3. The summed E-state index contributed by atoms with van der Waals surface area (Å²) in [6, 6.07) is -0.126. The van der Waals surface area contributed by atoms with Gasteiger partial charge in [0.05, 0.1) is 0 Å². The lowest BCUT2D eigenvalue weighted by Gasteiger charge is -2.19. The number of hydrogen-bond acceptors (Lipinski definition) is 5. The van der Waals surface area contributed by atoms with Crippen LogP contribution in [0.15, 0.2) is 16.6 Å². The Morgan fingerprint density at radius 2 is 2.15 bits per heavy atom. The lowest BCUT2D eigenvalue weighted by atomic mass is 10.0. The van der Waals surface area contributed by atoms with Crippen molar-refractivity contribution in [3.63, 3.8) is 0 Å². The van der Waals surface area contributed by atoms with Crippen molar-refractivity contribution >= 4 is 32.1 Å². The SMILES string of the molecule is CCC(C)C(C)NS(=O)(=O)c1c(NC)nc2sccn12. The Bertz CT molecular complexity index is 689. The lowest BCUT2D eigenvalue weighted by molar-refractivity contribution is 0.433. The maximum atomic E-state index is 12.6. The van der Waals surface area contributed by atoms with E-state index in [0.717, 1.165) is 6.42 Å². The van der Waals surface area contributed by atoms with Gasteiger partial charge in [-0.3, -0.25) is 4.40 Å². The Hall–Kier alpha value is -1.12. The van der Waals surface area contributed by atoms with Crippen molar-refractivity contribution in [2.24, 2.45) is 5.92 Å². The summed E-state index contributed by atoms with van der Waals surface area (Å²) in [6.45, 7) is 5.96. The van der Waals surface area contributed by atoms with E-state index >= 15 is 0 Å². The van der Waals surface area contributed by atoms with Gasteiger partial charge in [0.2, 0.25) is 0 Å². The second-order valence-corrected chi connectivity index (χ2v) is 7.37. The minimum atomic E-state index is -3.62. The second-order valence-electron chi connectivity index (χ2n) is 4.87. The van der Waals surface area contributed by atoms with Crippen LogP contribution in [0.25, 0.3) is 4.96 Å². The fourth-order valence-electron chi connectivity index (χ4n) is 1.95. The van der Waals surface area contributed by atoms with Gasteiger partial charge in [-0.25, -0.2) is 18.1 Å². The summed E-state index contributed by atoms with van der Waals surface area (Å²) in [5.41, 5.74) is 0. The van der Waals surface area contributed by atoms with Gasteiger partial charge in [-0.1, -0.05) is 20.3 Å². The molecule has 2 unspecified atom stereocenters. The number of fused-ring (bicyclic) bond motifs is 1. The molecule has 2 N–H and O–H groups in total. The van der Waals surface area contributed by atoms with Gasteiger partial charge in [0, 0.05) is 24.7 Å². The molecule has 2 aromatic heterocycles. The minimum absolute atomic E-state index is 0.126. The van der Waals surface area contributed by atoms with Crippen molar-refractivity contribution in [3.05, 3.63) is 11.6 Å². The monoisotopic (exact) mass is 316 g/mol. The maximum Gasteiger partial charge on any atom is 0.260 e. The van der Waals surface area contributed by atoms with Crippen LogP contribution in [-0.2, 0) is 10.0 Å². The first-order chi connectivity index (χ1) is 9.40. The molecule has 2 atom stereocenters. The third kappa shape index (κ3) is 2.68. The molecule has 0 aliphatic rings. The number of sulfonamides is 1. The molecule has 0 aliphatic carbocycles. The first-order valence-corrected chi connectivity index (χ1v) is 8.92. The standard InChI is InChI=1S/C12H20N4O2S2/c1-5-8(2)9(3)15-20(17,18)11-10(13-4)14-12-16(11)6-7-19-12/h6-9,13,15H,5H2,1-4H3. The van der Waals surface area contributed by atoms with E-state index in [1.54, 1.807) is 17.6 Å². The van der Waals surface area contributed by atoms with Crippen LogP contribution in [0.3, 0.4) is 0 Å². The third-order valence-electron chi connectivity index (χ3n) is 3.55. The van der Waals surface area contributed by atoms with Gasteiger partial charge < -0.3 is 5.32 Å². The van der Waals surface area contributed by atoms with Crippen molar-refractivity contribution < 1.29 is 8.42 Å². The molecule has 6 nitrogen and oxygen atoms in total. The summed E-state index contributed by atoms with van der Waals surface area (Å²) in [5, 5.41) is 4.84. The fraction of sp³-hybridized carbons (Fsp3) is 0.583. The highest BCUT2D eigenvalue weighted by molar-refractivity contribution is 7.89. The summed E-state index contributed by atoms with van der Waals surface area (Å²) in [6.07, 6.45) is 2.64. The molecule has 0 saturated carbocycles. The highest BCUT2D eigenvalue weighted by Gasteiger charge is 2.28. The van der Waals surface area contributed by atoms with Crippen LogP contribution in [0.5, 0.6) is 0 Å². The summed E-state index contributed by atoms with van der Waals surface area (Å²) in [4.78, 5) is 4.94. The van der Waals surface area contributed by atoms with Gasteiger partial charge in [-0.2, -0.15) is 0 Å². The molecular formula is C12H20N4O2S2. The first-order valence-electron chi connectivity index (χ1n) is 6.56. The normalized spacial score (nSPS) is 15.4. The van der Waals surface area contributed by atoms with Gasteiger partial charge in [0.1, 0.15) is 0 Å². The number of nitrogens with one attached hydrogen (secondary N) is 2. The Morgan fingerprint density at radius 1 is 1.45 bits per heavy atom. The van der Waals surface area contributed by atoms with Crippen molar-refractivity contribution in [3.8, 4) is 0 Å². The predicted molar refractivity (Wildman–Crippen MR) is 81.9 cm³/mol. The van der Waals surface area contributed by atoms with Crippen LogP contribution in [0.2, 0.25) is 0 Å². The van der Waals surface area contributed by atoms with Crippen molar-refractivity contribution in [2.45, 2.75) is 38.3 Å². The molecule has 2 heterocycles. The van der Waals surface area contributed by atoms with Crippen molar-refractivity contribution in [1.82, 2.24) is 14.1 Å². The molecule has 0 fully saturated rings. The Morgan fingerprint density at radius 3 is 2.75 bits per heavy atom. The minimum Gasteiger partial charge on any atom is -0.371 e. The number of thiazole rings is 1. The van der Waals surface area contributed by atoms with E-state index in [2.05, 4.69) is 15.0 Å². The predicted octanol–water partition coefficient (Wildman–Crippen LogP) is 2.15. The number of hydrogen-bond donors (Lipinski definition) is 2. The Labute approximate surface area is 123 Å². The largest absolute Gasteiger partial charge is 0.371 e. The summed E-state index contributed by atoms with van der Waals surface area (Å²) in [5.74, 6) is 0.648. The van der Waals surface area contributed by atoms with Crippen LogP contribution < -0.4 is 10.0 Å². The van der Waals surface area contributed by atoms with Crippen molar-refractivity contribution in [1.29, 1.82) is 0 Å². The number of nitrogens with zero attached hydrogens (tertiary/aromatic N) is 2. The fourth-order valence-corrected chi connectivity index (χ4v) is 4.37. The van der Waals surface area contributed by atoms with Crippen LogP contribution in [0, 0.1) is 5.92 Å². The van der Waals surface area contributed by atoms with E-state index in [1.807, 2.05) is 26.2 Å². The number of rotatable bonds is 6. The molecule has 20 heavy (non-hydrogen) atoms. The zero-order chi connectivity index (χ0) is 14.9. The number of imidazole rings is 1. The molecule has 0 amide bonds. The zero-order valence-corrected chi connectivity index (χ0v) is 13.7. The molecule has 0 saturated heterocycles. The van der Waals surface area contributed by atoms with Gasteiger partial charge >= 0.3 is 0 Å². The van der Waals surface area contributed by atoms with Crippen LogP contribution in [-0.4, -0.2) is 30.9 Å². The van der Waals surface area contributed by atoms with E-state index in [-0.39, 0.29) is 17.0 Å². The third-order valence-corrected chi connectivity index (χ3v) is 5.89. The quantitative estimate of drug-likeness (QED) is 0.856. The Balaban J connectivity index is 2.43. The van der Waals surface area contributed by atoms with Gasteiger partial charge in [0.25, 0.3) is 10.0 Å². The van der Waals surface area contributed by atoms with E-state index in [4.69, 9.17) is 0 Å². The van der Waals surface area contributed by atoms with Crippen LogP contribution in [0.4, 0.5) is 5.82 Å².